The van der Waals surface area contributed by atoms with Gasteiger partial charge >= 0.3 is 7.60 Å². The minimum absolute atomic E-state index is 0.0252. The van der Waals surface area contributed by atoms with E-state index in [1.807, 2.05) is 6.07 Å². The summed E-state index contributed by atoms with van der Waals surface area (Å²) in [6.45, 7) is -1.08. The summed E-state index contributed by atoms with van der Waals surface area (Å²) in [5.41, 5.74) is 0.0563. The zero-order chi connectivity index (χ0) is 24.1. The Kier molecular flexibility index (Phi) is 6.36. The molecular formula is C17H19ClF2N5O7P. The highest BCUT2D eigenvalue weighted by atomic mass is 35.5. The molecule has 0 aliphatic carbocycles. The number of aliphatic hydroxyl groups is 2. The SMILES string of the molecule is N#Cc1c(Cl)nc2c(cnn2[C@@H]2O[C@H](COCP(=O)(O)O)[C@@H](O)[C@H]2O)c1N1CCC(F)(F)C1. The molecule has 2 aliphatic heterocycles. The second kappa shape index (κ2) is 8.68. The highest BCUT2D eigenvalue weighted by Gasteiger charge is 2.46. The number of anilines is 1. The minimum Gasteiger partial charge on any atom is -0.387 e. The van der Waals surface area contributed by atoms with Crippen LogP contribution < -0.4 is 4.90 Å². The number of alkyl halides is 2. The summed E-state index contributed by atoms with van der Waals surface area (Å²) in [7, 11) is -4.44. The molecule has 2 aromatic heterocycles. The number of halogens is 3. The molecule has 2 fully saturated rings. The van der Waals surface area contributed by atoms with E-state index in [1.165, 1.54) is 11.1 Å². The van der Waals surface area contributed by atoms with Crippen molar-refractivity contribution in [1.82, 2.24) is 14.8 Å². The van der Waals surface area contributed by atoms with Gasteiger partial charge in [0, 0.05) is 13.0 Å². The van der Waals surface area contributed by atoms with Gasteiger partial charge in [-0.25, -0.2) is 18.4 Å². The molecule has 0 amide bonds. The van der Waals surface area contributed by atoms with Gasteiger partial charge in [0.25, 0.3) is 5.92 Å². The van der Waals surface area contributed by atoms with Crippen LogP contribution in [0.5, 0.6) is 0 Å². The molecule has 0 spiro atoms. The molecule has 2 aromatic rings. The Balaban J connectivity index is 1.67. The van der Waals surface area contributed by atoms with Crippen molar-refractivity contribution in [2.24, 2.45) is 0 Å². The van der Waals surface area contributed by atoms with Gasteiger partial charge in [-0.15, -0.1) is 0 Å². The number of ether oxygens (including phenoxy) is 2. The first-order valence-corrected chi connectivity index (χ1v) is 11.8. The molecular weight excluding hydrogens is 491 g/mol. The standard InChI is InChI=1S/C17H19ClF2N5O7P/c18-14-8(3-21)11(24-2-1-17(19,20)6-24)9-4-22-25(15(9)23-14)16-13(27)12(26)10(32-16)5-31-7-33(28,29)30/h4,10,12-13,16,26-27H,1-2,5-7H2,(H2,28,29,30)/t10-,12-,13-,16-/m1/s1. The van der Waals surface area contributed by atoms with Gasteiger partial charge < -0.3 is 34.4 Å². The molecule has 0 radical (unpaired) electrons. The molecule has 2 aliphatic rings. The van der Waals surface area contributed by atoms with Crippen LogP contribution in [-0.2, 0) is 14.0 Å². The van der Waals surface area contributed by atoms with E-state index in [-0.39, 0.29) is 34.0 Å². The lowest BCUT2D eigenvalue weighted by atomic mass is 10.1. The van der Waals surface area contributed by atoms with Crippen LogP contribution in [0.2, 0.25) is 5.15 Å². The van der Waals surface area contributed by atoms with Crippen molar-refractivity contribution in [3.63, 3.8) is 0 Å². The molecule has 4 heterocycles. The number of pyridine rings is 1. The summed E-state index contributed by atoms with van der Waals surface area (Å²) in [6, 6.07) is 1.88. The van der Waals surface area contributed by atoms with Gasteiger partial charge in [-0.05, 0) is 0 Å². The summed E-state index contributed by atoms with van der Waals surface area (Å²) < 4.78 is 50.2. The summed E-state index contributed by atoms with van der Waals surface area (Å²) in [6.07, 6.45) is -5.51. The Labute approximate surface area is 190 Å². The molecule has 4 rings (SSSR count). The molecule has 16 heteroatoms. The van der Waals surface area contributed by atoms with Crippen LogP contribution in [0.25, 0.3) is 11.0 Å². The molecule has 12 nitrogen and oxygen atoms in total. The molecule has 0 unspecified atom stereocenters. The van der Waals surface area contributed by atoms with Crippen LogP contribution in [0.3, 0.4) is 0 Å². The lowest BCUT2D eigenvalue weighted by Crippen LogP contribution is -2.34. The fourth-order valence-corrected chi connectivity index (χ4v) is 4.47. The quantitative estimate of drug-likeness (QED) is 0.316. The van der Waals surface area contributed by atoms with E-state index >= 15 is 0 Å². The van der Waals surface area contributed by atoms with Gasteiger partial charge in [0.05, 0.1) is 30.4 Å². The molecule has 0 aromatic carbocycles. The van der Waals surface area contributed by atoms with E-state index in [0.717, 1.165) is 4.68 Å². The van der Waals surface area contributed by atoms with Gasteiger partial charge in [-0.3, -0.25) is 4.57 Å². The third kappa shape index (κ3) is 4.68. The number of aliphatic hydroxyl groups excluding tert-OH is 2. The Hall–Kier alpha value is -1.95. The van der Waals surface area contributed by atoms with E-state index in [0.29, 0.717) is 0 Å². The van der Waals surface area contributed by atoms with Gasteiger partial charge in [-0.1, -0.05) is 11.6 Å². The molecule has 33 heavy (non-hydrogen) atoms. The van der Waals surface area contributed by atoms with Gasteiger partial charge in [0.15, 0.2) is 17.0 Å². The zero-order valence-corrected chi connectivity index (χ0v) is 18.4. The molecule has 4 N–H and O–H groups in total. The highest BCUT2D eigenvalue weighted by molar-refractivity contribution is 7.51. The number of aromatic nitrogens is 3. The van der Waals surface area contributed by atoms with Crippen molar-refractivity contribution in [2.45, 2.75) is 36.9 Å². The smallest absolute Gasteiger partial charge is 0.350 e. The van der Waals surface area contributed by atoms with Crippen molar-refractivity contribution in [3.8, 4) is 6.07 Å². The fourth-order valence-electron chi connectivity index (χ4n) is 3.91. The first kappa shape index (κ1) is 24.2. The fraction of sp³-hybridized carbons (Fsp3) is 0.588. The highest BCUT2D eigenvalue weighted by Crippen LogP contribution is 2.41. The van der Waals surface area contributed by atoms with E-state index in [9.17, 15) is 28.8 Å². The third-order valence-electron chi connectivity index (χ3n) is 5.39. The predicted molar refractivity (Wildman–Crippen MR) is 108 cm³/mol. The van der Waals surface area contributed by atoms with E-state index in [4.69, 9.17) is 30.9 Å². The first-order chi connectivity index (χ1) is 15.4. The van der Waals surface area contributed by atoms with Crippen molar-refractivity contribution in [1.29, 1.82) is 5.26 Å². The summed E-state index contributed by atoms with van der Waals surface area (Å²) in [5.74, 6) is -2.94. The molecule has 180 valence electrons. The van der Waals surface area contributed by atoms with Crippen LogP contribution in [0.1, 0.15) is 18.2 Å². The molecule has 0 bridgehead atoms. The van der Waals surface area contributed by atoms with Crippen molar-refractivity contribution in [2.75, 3.05) is 30.9 Å². The summed E-state index contributed by atoms with van der Waals surface area (Å²) in [5, 5.41) is 34.4. The van der Waals surface area contributed by atoms with Crippen molar-refractivity contribution < 1.29 is 42.8 Å². The van der Waals surface area contributed by atoms with Gasteiger partial charge in [0.2, 0.25) is 0 Å². The maximum absolute atomic E-state index is 13.8. The average molecular weight is 510 g/mol. The van der Waals surface area contributed by atoms with E-state index in [2.05, 4.69) is 10.1 Å². The summed E-state index contributed by atoms with van der Waals surface area (Å²) in [4.78, 5) is 23.2. The van der Waals surface area contributed by atoms with Crippen LogP contribution in [-0.4, -0.2) is 85.0 Å². The van der Waals surface area contributed by atoms with Crippen molar-refractivity contribution in [3.05, 3.63) is 16.9 Å². The Bertz CT molecular complexity index is 1150. The molecule has 4 atom stereocenters. The van der Waals surface area contributed by atoms with E-state index < -0.39 is 64.0 Å². The lowest BCUT2D eigenvalue weighted by molar-refractivity contribution is -0.0658. The van der Waals surface area contributed by atoms with Crippen LogP contribution in [0, 0.1) is 11.3 Å². The Morgan fingerprint density at radius 3 is 2.73 bits per heavy atom. The maximum Gasteiger partial charge on any atom is 0.350 e. The maximum atomic E-state index is 13.8. The van der Waals surface area contributed by atoms with Gasteiger partial charge in [0.1, 0.15) is 36.3 Å². The molecule has 0 saturated carbocycles. The minimum atomic E-state index is -4.44. The monoisotopic (exact) mass is 509 g/mol. The first-order valence-electron chi connectivity index (χ1n) is 9.65. The van der Waals surface area contributed by atoms with E-state index in [1.54, 1.807) is 0 Å². The topological polar surface area (TPSA) is 174 Å². The number of rotatable bonds is 6. The number of hydrogen-bond acceptors (Lipinski definition) is 9. The van der Waals surface area contributed by atoms with Gasteiger partial charge in [-0.2, -0.15) is 10.4 Å². The Morgan fingerprint density at radius 2 is 2.12 bits per heavy atom. The second-order valence-corrected chi connectivity index (χ2v) is 9.75. The largest absolute Gasteiger partial charge is 0.387 e. The van der Waals surface area contributed by atoms with Crippen molar-refractivity contribution >= 4 is 35.9 Å². The third-order valence-corrected chi connectivity index (χ3v) is 6.18. The zero-order valence-electron chi connectivity index (χ0n) is 16.8. The second-order valence-electron chi connectivity index (χ2n) is 7.80. The number of fused-ring (bicyclic) bond motifs is 1. The normalized spacial score (nSPS) is 27.4. The summed E-state index contributed by atoms with van der Waals surface area (Å²) >= 11 is 6.16. The Morgan fingerprint density at radius 1 is 1.39 bits per heavy atom. The van der Waals surface area contributed by atoms with Crippen LogP contribution in [0.15, 0.2) is 6.20 Å². The predicted octanol–water partition coefficient (Wildman–Crippen LogP) is 0.573. The lowest BCUT2D eigenvalue weighted by Gasteiger charge is -2.21. The number of nitrogens with zero attached hydrogens (tertiary/aromatic N) is 5. The molecule has 2 saturated heterocycles. The van der Waals surface area contributed by atoms with Crippen LogP contribution in [0.4, 0.5) is 14.5 Å². The number of hydrogen-bond donors (Lipinski definition) is 4. The van der Waals surface area contributed by atoms with Crippen LogP contribution >= 0.6 is 19.2 Å². The average Bonchev–Trinajstić information content (AvgIpc) is 3.37. The number of nitriles is 1.